The predicted molar refractivity (Wildman–Crippen MR) is 79.1 cm³/mol. The van der Waals surface area contributed by atoms with Gasteiger partial charge in [0.15, 0.2) is 0 Å². The third-order valence-corrected chi connectivity index (χ3v) is 4.13. The SMILES string of the molecule is O=C(Cc1cccs1)NC(CBr)c1ccccc1. The molecule has 18 heavy (non-hydrogen) atoms. The third kappa shape index (κ3) is 3.68. The van der Waals surface area contributed by atoms with E-state index in [0.717, 1.165) is 10.4 Å². The van der Waals surface area contributed by atoms with E-state index < -0.39 is 0 Å². The molecule has 1 N–H and O–H groups in total. The summed E-state index contributed by atoms with van der Waals surface area (Å²) in [7, 11) is 0. The van der Waals surface area contributed by atoms with Gasteiger partial charge in [0, 0.05) is 10.2 Å². The number of carbonyl (C=O) groups is 1. The average Bonchev–Trinajstić information content (AvgIpc) is 2.90. The van der Waals surface area contributed by atoms with E-state index in [1.165, 1.54) is 0 Å². The summed E-state index contributed by atoms with van der Waals surface area (Å²) in [6.45, 7) is 0. The van der Waals surface area contributed by atoms with E-state index in [-0.39, 0.29) is 11.9 Å². The van der Waals surface area contributed by atoms with Crippen LogP contribution >= 0.6 is 27.3 Å². The molecule has 0 saturated heterocycles. The van der Waals surface area contributed by atoms with E-state index in [1.54, 1.807) is 11.3 Å². The fourth-order valence-corrected chi connectivity index (χ4v) is 2.95. The van der Waals surface area contributed by atoms with Gasteiger partial charge in [-0.25, -0.2) is 0 Å². The van der Waals surface area contributed by atoms with Gasteiger partial charge < -0.3 is 5.32 Å². The highest BCUT2D eigenvalue weighted by atomic mass is 79.9. The van der Waals surface area contributed by atoms with Gasteiger partial charge in [0.25, 0.3) is 0 Å². The van der Waals surface area contributed by atoms with Crippen molar-refractivity contribution in [1.29, 1.82) is 0 Å². The number of alkyl halides is 1. The second-order valence-corrected chi connectivity index (χ2v) is 5.62. The maximum atomic E-state index is 11.9. The van der Waals surface area contributed by atoms with Gasteiger partial charge in [-0.3, -0.25) is 4.79 Å². The first-order valence-electron chi connectivity index (χ1n) is 5.72. The molecule has 2 nitrogen and oxygen atoms in total. The van der Waals surface area contributed by atoms with E-state index in [2.05, 4.69) is 21.2 Å². The Morgan fingerprint density at radius 1 is 1.22 bits per heavy atom. The normalized spacial score (nSPS) is 12.1. The van der Waals surface area contributed by atoms with E-state index in [4.69, 9.17) is 0 Å². The smallest absolute Gasteiger partial charge is 0.225 e. The van der Waals surface area contributed by atoms with Crippen LogP contribution in [0.2, 0.25) is 0 Å². The fraction of sp³-hybridized carbons (Fsp3) is 0.214. The van der Waals surface area contributed by atoms with Crippen LogP contribution in [0.5, 0.6) is 0 Å². The van der Waals surface area contributed by atoms with Gasteiger partial charge in [0.1, 0.15) is 0 Å². The van der Waals surface area contributed by atoms with Gasteiger partial charge in [0.05, 0.1) is 12.5 Å². The highest BCUT2D eigenvalue weighted by Gasteiger charge is 2.13. The number of thiophene rings is 1. The second-order valence-electron chi connectivity index (χ2n) is 3.94. The number of amides is 1. The van der Waals surface area contributed by atoms with Crippen LogP contribution in [0.3, 0.4) is 0 Å². The molecule has 0 fully saturated rings. The quantitative estimate of drug-likeness (QED) is 0.838. The van der Waals surface area contributed by atoms with Crippen LogP contribution in [0.4, 0.5) is 0 Å². The molecule has 1 amide bonds. The molecule has 1 unspecified atom stereocenters. The Morgan fingerprint density at radius 3 is 2.61 bits per heavy atom. The van der Waals surface area contributed by atoms with Gasteiger partial charge in [0.2, 0.25) is 5.91 Å². The lowest BCUT2D eigenvalue weighted by atomic mass is 10.1. The minimum absolute atomic E-state index is 0.0265. The monoisotopic (exact) mass is 323 g/mol. The van der Waals surface area contributed by atoms with E-state index >= 15 is 0 Å². The number of hydrogen-bond acceptors (Lipinski definition) is 2. The zero-order valence-electron chi connectivity index (χ0n) is 9.80. The molecule has 4 heteroatoms. The molecule has 0 radical (unpaired) electrons. The first-order chi connectivity index (χ1) is 8.79. The van der Waals surface area contributed by atoms with Crippen LogP contribution in [-0.4, -0.2) is 11.2 Å². The summed E-state index contributed by atoms with van der Waals surface area (Å²) in [6.07, 6.45) is 0.452. The summed E-state index contributed by atoms with van der Waals surface area (Å²) >= 11 is 5.06. The molecular weight excluding hydrogens is 310 g/mol. The molecule has 1 heterocycles. The predicted octanol–water partition coefficient (Wildman–Crippen LogP) is 3.54. The number of halogens is 1. The average molecular weight is 324 g/mol. The third-order valence-electron chi connectivity index (χ3n) is 2.61. The van der Waals surface area contributed by atoms with Gasteiger partial charge in [-0.05, 0) is 17.0 Å². The van der Waals surface area contributed by atoms with Crippen LogP contribution in [0.15, 0.2) is 47.8 Å². The van der Waals surface area contributed by atoms with Crippen molar-refractivity contribution in [2.45, 2.75) is 12.5 Å². The lowest BCUT2D eigenvalue weighted by Crippen LogP contribution is -2.30. The van der Waals surface area contributed by atoms with Gasteiger partial charge in [-0.2, -0.15) is 0 Å². The number of carbonyl (C=O) groups excluding carboxylic acids is 1. The molecule has 94 valence electrons. The Balaban J connectivity index is 1.96. The Labute approximate surface area is 119 Å². The Hall–Kier alpha value is -1.13. The summed E-state index contributed by atoms with van der Waals surface area (Å²) in [5, 5.41) is 5.75. The van der Waals surface area contributed by atoms with Crippen LogP contribution in [0, 0.1) is 0 Å². The zero-order chi connectivity index (χ0) is 12.8. The highest BCUT2D eigenvalue weighted by molar-refractivity contribution is 9.09. The maximum Gasteiger partial charge on any atom is 0.225 e. The summed E-state index contributed by atoms with van der Waals surface area (Å²) in [5.74, 6) is 0.0609. The number of hydrogen-bond donors (Lipinski definition) is 1. The summed E-state index contributed by atoms with van der Waals surface area (Å²) < 4.78 is 0. The van der Waals surface area contributed by atoms with Crippen molar-refractivity contribution in [2.24, 2.45) is 0 Å². The zero-order valence-corrected chi connectivity index (χ0v) is 12.2. The topological polar surface area (TPSA) is 29.1 Å². The highest BCUT2D eigenvalue weighted by Crippen LogP contribution is 2.16. The maximum absolute atomic E-state index is 11.9. The van der Waals surface area contributed by atoms with Gasteiger partial charge >= 0.3 is 0 Å². The number of benzene rings is 1. The molecule has 1 atom stereocenters. The number of rotatable bonds is 5. The molecule has 0 bridgehead atoms. The van der Waals surface area contributed by atoms with Crippen molar-refractivity contribution in [3.8, 4) is 0 Å². The molecule has 2 aromatic rings. The Kier molecular flexibility index (Phi) is 4.96. The number of nitrogens with one attached hydrogen (secondary N) is 1. The first-order valence-corrected chi connectivity index (χ1v) is 7.72. The second kappa shape index (κ2) is 6.71. The summed E-state index contributed by atoms with van der Waals surface area (Å²) in [5.41, 5.74) is 1.12. The fourth-order valence-electron chi connectivity index (χ4n) is 1.71. The molecule has 1 aromatic carbocycles. The Bertz CT molecular complexity index is 484. The Morgan fingerprint density at radius 2 is 2.00 bits per heavy atom. The summed E-state index contributed by atoms with van der Waals surface area (Å²) in [6, 6.07) is 14.0. The minimum atomic E-state index is 0.0265. The lowest BCUT2D eigenvalue weighted by molar-refractivity contribution is -0.121. The van der Waals surface area contributed by atoms with Gasteiger partial charge in [-0.1, -0.05) is 52.3 Å². The molecular formula is C14H14BrNOS. The van der Waals surface area contributed by atoms with Gasteiger partial charge in [-0.15, -0.1) is 11.3 Å². The lowest BCUT2D eigenvalue weighted by Gasteiger charge is -2.16. The molecule has 0 saturated carbocycles. The van der Waals surface area contributed by atoms with Crippen LogP contribution in [0.25, 0.3) is 0 Å². The standard InChI is InChI=1S/C14H14BrNOS/c15-10-13(11-5-2-1-3-6-11)16-14(17)9-12-7-4-8-18-12/h1-8,13H,9-10H2,(H,16,17). The van der Waals surface area contributed by atoms with Crippen molar-refractivity contribution in [1.82, 2.24) is 5.32 Å². The van der Waals surface area contributed by atoms with Crippen LogP contribution in [-0.2, 0) is 11.2 Å². The van der Waals surface area contributed by atoms with Crippen molar-refractivity contribution in [3.05, 3.63) is 58.3 Å². The van der Waals surface area contributed by atoms with Crippen molar-refractivity contribution >= 4 is 33.2 Å². The molecule has 1 aromatic heterocycles. The molecule has 0 spiro atoms. The molecule has 2 rings (SSSR count). The summed E-state index contributed by atoms with van der Waals surface area (Å²) in [4.78, 5) is 13.0. The molecule has 0 aliphatic heterocycles. The van der Waals surface area contributed by atoms with E-state index in [9.17, 15) is 4.79 Å². The molecule has 0 aliphatic rings. The van der Waals surface area contributed by atoms with Crippen molar-refractivity contribution in [3.63, 3.8) is 0 Å². The van der Waals surface area contributed by atoms with Crippen LogP contribution in [0.1, 0.15) is 16.5 Å². The molecule has 0 aliphatic carbocycles. The van der Waals surface area contributed by atoms with E-state index in [0.29, 0.717) is 11.8 Å². The van der Waals surface area contributed by atoms with Crippen LogP contribution < -0.4 is 5.32 Å². The van der Waals surface area contributed by atoms with E-state index in [1.807, 2.05) is 47.8 Å². The largest absolute Gasteiger partial charge is 0.348 e. The minimum Gasteiger partial charge on any atom is -0.348 e. The first kappa shape index (κ1) is 13.3. The van der Waals surface area contributed by atoms with Crippen molar-refractivity contribution in [2.75, 3.05) is 5.33 Å². The van der Waals surface area contributed by atoms with Crippen molar-refractivity contribution < 1.29 is 4.79 Å².